The highest BCUT2D eigenvalue weighted by Crippen LogP contribution is 2.32. The summed E-state index contributed by atoms with van der Waals surface area (Å²) < 4.78 is 23.5. The van der Waals surface area contributed by atoms with Crippen LogP contribution in [0.1, 0.15) is 16.1 Å². The van der Waals surface area contributed by atoms with E-state index in [4.69, 9.17) is 9.47 Å². The van der Waals surface area contributed by atoms with Crippen molar-refractivity contribution in [3.05, 3.63) is 71.7 Å². The highest BCUT2D eigenvalue weighted by Gasteiger charge is 2.15. The smallest absolute Gasteiger partial charge is 0.231 e. The standard InChI is InChI=1S/C19H13FN2O3/c20-14-4-1-12(2-5-14)16-10-15(21-22-16)6-7-17(23)13-3-8-18-19(9-13)25-11-24-18/h1-10H,11H2,(H,21,22)/b7-6+. The molecule has 6 heteroatoms. The van der Waals surface area contributed by atoms with Crippen LogP contribution >= 0.6 is 0 Å². The van der Waals surface area contributed by atoms with Gasteiger partial charge in [0.15, 0.2) is 17.3 Å². The lowest BCUT2D eigenvalue weighted by Crippen LogP contribution is -1.94. The number of H-pyrrole nitrogens is 1. The Hall–Kier alpha value is -3.41. The predicted molar refractivity (Wildman–Crippen MR) is 89.9 cm³/mol. The maximum absolute atomic E-state index is 13.0. The van der Waals surface area contributed by atoms with Crippen LogP contribution in [0.4, 0.5) is 4.39 Å². The summed E-state index contributed by atoms with van der Waals surface area (Å²) in [6.45, 7) is 0.170. The topological polar surface area (TPSA) is 64.2 Å². The van der Waals surface area contributed by atoms with Crippen LogP contribution in [-0.2, 0) is 0 Å². The van der Waals surface area contributed by atoms with E-state index in [-0.39, 0.29) is 18.4 Å². The van der Waals surface area contributed by atoms with Crippen molar-refractivity contribution in [1.82, 2.24) is 10.2 Å². The van der Waals surface area contributed by atoms with Crippen molar-refractivity contribution in [1.29, 1.82) is 0 Å². The van der Waals surface area contributed by atoms with E-state index in [0.717, 1.165) is 5.56 Å². The van der Waals surface area contributed by atoms with E-state index >= 15 is 0 Å². The molecular weight excluding hydrogens is 323 g/mol. The minimum absolute atomic E-state index is 0.156. The average molecular weight is 336 g/mol. The Balaban J connectivity index is 1.50. The summed E-state index contributed by atoms with van der Waals surface area (Å²) >= 11 is 0. The van der Waals surface area contributed by atoms with Crippen LogP contribution in [0.15, 0.2) is 54.6 Å². The number of rotatable bonds is 4. The molecule has 0 atom stereocenters. The van der Waals surface area contributed by atoms with Gasteiger partial charge in [-0.25, -0.2) is 4.39 Å². The molecule has 1 aliphatic rings. The maximum Gasteiger partial charge on any atom is 0.231 e. The van der Waals surface area contributed by atoms with Crippen molar-refractivity contribution in [3.63, 3.8) is 0 Å². The molecule has 1 aromatic heterocycles. The second-order valence-electron chi connectivity index (χ2n) is 5.48. The number of hydrogen-bond acceptors (Lipinski definition) is 4. The van der Waals surface area contributed by atoms with Crippen LogP contribution in [0.2, 0.25) is 0 Å². The first-order valence-corrected chi connectivity index (χ1v) is 7.62. The van der Waals surface area contributed by atoms with Gasteiger partial charge >= 0.3 is 0 Å². The van der Waals surface area contributed by atoms with Gasteiger partial charge < -0.3 is 9.47 Å². The van der Waals surface area contributed by atoms with Crippen molar-refractivity contribution in [2.24, 2.45) is 0 Å². The van der Waals surface area contributed by atoms with Crippen LogP contribution in [0, 0.1) is 5.82 Å². The fraction of sp³-hybridized carbons (Fsp3) is 0.0526. The Morgan fingerprint density at radius 2 is 1.88 bits per heavy atom. The van der Waals surface area contributed by atoms with Crippen molar-refractivity contribution in [3.8, 4) is 22.8 Å². The van der Waals surface area contributed by atoms with Gasteiger partial charge in [0.05, 0.1) is 11.4 Å². The number of nitrogens with zero attached hydrogens (tertiary/aromatic N) is 1. The molecule has 2 heterocycles. The Labute approximate surface area is 142 Å². The van der Waals surface area contributed by atoms with Gasteiger partial charge in [-0.1, -0.05) is 0 Å². The Morgan fingerprint density at radius 3 is 2.72 bits per heavy atom. The number of carbonyl (C=O) groups is 1. The largest absolute Gasteiger partial charge is 0.454 e. The number of allylic oxidation sites excluding steroid dienone is 1. The highest BCUT2D eigenvalue weighted by atomic mass is 19.1. The summed E-state index contributed by atoms with van der Waals surface area (Å²) in [5.74, 6) is 0.752. The second kappa shape index (κ2) is 6.24. The molecule has 4 rings (SSSR count). The predicted octanol–water partition coefficient (Wildman–Crippen LogP) is 3.84. The maximum atomic E-state index is 13.0. The number of fused-ring (bicyclic) bond motifs is 1. The number of aromatic amines is 1. The van der Waals surface area contributed by atoms with Gasteiger partial charge in [0, 0.05) is 11.1 Å². The highest BCUT2D eigenvalue weighted by molar-refractivity contribution is 6.07. The molecule has 1 aliphatic heterocycles. The number of carbonyl (C=O) groups excluding carboxylic acids is 1. The summed E-state index contributed by atoms with van der Waals surface area (Å²) in [7, 11) is 0. The first-order chi connectivity index (χ1) is 12.2. The Kier molecular flexibility index (Phi) is 3.78. The SMILES string of the molecule is O=C(/C=C/c1cc(-c2ccc(F)cc2)n[nH]1)c1ccc2c(c1)OCO2. The molecule has 0 spiro atoms. The molecule has 5 nitrogen and oxygen atoms in total. The minimum atomic E-state index is -0.297. The average Bonchev–Trinajstić information content (AvgIpc) is 3.29. The van der Waals surface area contributed by atoms with Crippen LogP contribution in [-0.4, -0.2) is 22.8 Å². The van der Waals surface area contributed by atoms with Crippen molar-refractivity contribution in [2.45, 2.75) is 0 Å². The number of nitrogens with one attached hydrogen (secondary N) is 1. The third-order valence-electron chi connectivity index (χ3n) is 3.81. The third kappa shape index (κ3) is 3.14. The van der Waals surface area contributed by atoms with Crippen molar-refractivity contribution >= 4 is 11.9 Å². The fourth-order valence-electron chi connectivity index (χ4n) is 2.50. The van der Waals surface area contributed by atoms with E-state index in [1.807, 2.05) is 0 Å². The van der Waals surface area contributed by atoms with E-state index in [1.54, 1.807) is 42.5 Å². The number of ketones is 1. The number of halogens is 1. The van der Waals surface area contributed by atoms with E-state index in [1.165, 1.54) is 18.2 Å². The number of aromatic nitrogens is 2. The van der Waals surface area contributed by atoms with Gasteiger partial charge in [-0.3, -0.25) is 9.89 Å². The number of hydrogen-bond donors (Lipinski definition) is 1. The zero-order valence-electron chi connectivity index (χ0n) is 13.0. The molecule has 2 aromatic carbocycles. The summed E-state index contributed by atoms with van der Waals surface area (Å²) in [4.78, 5) is 12.3. The molecule has 0 saturated carbocycles. The quantitative estimate of drug-likeness (QED) is 0.581. The van der Waals surface area contributed by atoms with E-state index in [9.17, 15) is 9.18 Å². The lowest BCUT2D eigenvalue weighted by Gasteiger charge is -1.98. The molecule has 25 heavy (non-hydrogen) atoms. The van der Waals surface area contributed by atoms with Crippen LogP contribution < -0.4 is 9.47 Å². The molecule has 0 saturated heterocycles. The van der Waals surface area contributed by atoms with Gasteiger partial charge in [-0.2, -0.15) is 5.10 Å². The normalized spacial score (nSPS) is 12.7. The first kappa shape index (κ1) is 15.1. The molecule has 0 unspecified atom stereocenters. The summed E-state index contributed by atoms with van der Waals surface area (Å²) in [5.41, 5.74) is 2.65. The zero-order chi connectivity index (χ0) is 17.2. The third-order valence-corrected chi connectivity index (χ3v) is 3.81. The molecule has 0 fully saturated rings. The van der Waals surface area contributed by atoms with Crippen LogP contribution in [0.3, 0.4) is 0 Å². The van der Waals surface area contributed by atoms with Crippen molar-refractivity contribution in [2.75, 3.05) is 6.79 Å². The molecule has 0 amide bonds. The van der Waals surface area contributed by atoms with Gasteiger partial charge in [-0.15, -0.1) is 0 Å². The Morgan fingerprint density at radius 1 is 1.08 bits per heavy atom. The second-order valence-corrected chi connectivity index (χ2v) is 5.48. The molecule has 124 valence electrons. The molecule has 0 bridgehead atoms. The Bertz CT molecular complexity index is 961. The van der Waals surface area contributed by atoms with Crippen molar-refractivity contribution < 1.29 is 18.7 Å². The molecule has 1 N–H and O–H groups in total. The lowest BCUT2D eigenvalue weighted by atomic mass is 10.1. The van der Waals surface area contributed by atoms with Crippen LogP contribution in [0.25, 0.3) is 17.3 Å². The van der Waals surface area contributed by atoms with Gasteiger partial charge in [0.25, 0.3) is 0 Å². The fourth-order valence-corrected chi connectivity index (χ4v) is 2.50. The minimum Gasteiger partial charge on any atom is -0.454 e. The molecule has 0 aliphatic carbocycles. The van der Waals surface area contributed by atoms with Gasteiger partial charge in [0.1, 0.15) is 5.82 Å². The zero-order valence-corrected chi connectivity index (χ0v) is 13.0. The summed E-state index contributed by atoms with van der Waals surface area (Å²) in [6, 6.07) is 12.9. The van der Waals surface area contributed by atoms with Gasteiger partial charge in [-0.05, 0) is 60.7 Å². The summed E-state index contributed by atoms with van der Waals surface area (Å²) in [5, 5.41) is 7.01. The molecular formula is C19H13FN2O3. The lowest BCUT2D eigenvalue weighted by molar-refractivity contribution is 0.104. The number of benzene rings is 2. The monoisotopic (exact) mass is 336 g/mol. The van der Waals surface area contributed by atoms with E-state index < -0.39 is 0 Å². The number of ether oxygens (including phenoxy) is 2. The van der Waals surface area contributed by atoms with Crippen LogP contribution in [0.5, 0.6) is 11.5 Å². The van der Waals surface area contributed by atoms with E-state index in [2.05, 4.69) is 10.2 Å². The summed E-state index contributed by atoms with van der Waals surface area (Å²) in [6.07, 6.45) is 3.10. The molecule has 0 radical (unpaired) electrons. The first-order valence-electron chi connectivity index (χ1n) is 7.62. The van der Waals surface area contributed by atoms with E-state index in [0.29, 0.717) is 28.5 Å². The van der Waals surface area contributed by atoms with Gasteiger partial charge in [0.2, 0.25) is 6.79 Å². The molecule has 3 aromatic rings.